The largest absolute Gasteiger partial charge is 0.494 e. The molecule has 0 bridgehead atoms. The summed E-state index contributed by atoms with van der Waals surface area (Å²) in [4.78, 5) is 23.1. The predicted octanol–water partition coefficient (Wildman–Crippen LogP) is 3.03. The Morgan fingerprint density at radius 1 is 1.27 bits per heavy atom. The number of benzene rings is 1. The van der Waals surface area contributed by atoms with Gasteiger partial charge in [0.15, 0.2) is 5.65 Å². The summed E-state index contributed by atoms with van der Waals surface area (Å²) in [7, 11) is 0. The first-order chi connectivity index (χ1) is 10.6. The summed E-state index contributed by atoms with van der Waals surface area (Å²) in [5.74, 6) is 0.387. The third-order valence-electron chi connectivity index (χ3n) is 3.27. The van der Waals surface area contributed by atoms with Gasteiger partial charge in [0.1, 0.15) is 11.6 Å². The summed E-state index contributed by atoms with van der Waals surface area (Å²) in [5.41, 5.74) is 2.39. The Kier molecular flexibility index (Phi) is 3.50. The van der Waals surface area contributed by atoms with E-state index >= 15 is 0 Å². The maximum Gasteiger partial charge on any atom is 0.338 e. The number of H-pyrrole nitrogens is 1. The number of hydrogen-bond acceptors (Lipinski definition) is 4. The van der Waals surface area contributed by atoms with E-state index in [1.54, 1.807) is 13.0 Å². The van der Waals surface area contributed by atoms with Crippen LogP contribution in [0.15, 0.2) is 30.3 Å². The Morgan fingerprint density at radius 2 is 2.00 bits per heavy atom. The molecule has 0 aliphatic rings. The average Bonchev–Trinajstić information content (AvgIpc) is 2.87. The summed E-state index contributed by atoms with van der Waals surface area (Å²) in [6.45, 7) is 4.28. The standard InChI is InChI=1S/C16H15N3O3/c1-3-22-11-6-4-10(5-7-11)13-8-12(16(20)21)14-15(19-13)18-9(2)17-14/h4-8H,3H2,1-2H3,(H,20,21)(H,17,18,19). The number of ether oxygens (including phenoxy) is 1. The number of fused-ring (bicyclic) bond motifs is 1. The zero-order valence-corrected chi connectivity index (χ0v) is 12.3. The fourth-order valence-electron chi connectivity index (χ4n) is 2.31. The zero-order chi connectivity index (χ0) is 15.7. The van der Waals surface area contributed by atoms with E-state index in [9.17, 15) is 9.90 Å². The Morgan fingerprint density at radius 3 is 2.64 bits per heavy atom. The van der Waals surface area contributed by atoms with Crippen LogP contribution in [0.3, 0.4) is 0 Å². The summed E-state index contributed by atoms with van der Waals surface area (Å²) in [5, 5.41) is 9.38. The Labute approximate surface area is 126 Å². The van der Waals surface area contributed by atoms with Gasteiger partial charge in [0.05, 0.1) is 23.4 Å². The number of aryl methyl sites for hydroxylation is 1. The van der Waals surface area contributed by atoms with Gasteiger partial charge in [-0.05, 0) is 44.2 Å². The van der Waals surface area contributed by atoms with Crippen LogP contribution in [0.25, 0.3) is 22.4 Å². The lowest BCUT2D eigenvalue weighted by molar-refractivity contribution is 0.0699. The van der Waals surface area contributed by atoms with Crippen molar-refractivity contribution >= 4 is 17.1 Å². The number of aromatic carboxylic acids is 1. The number of rotatable bonds is 4. The normalized spacial score (nSPS) is 10.8. The number of imidazole rings is 1. The Bertz CT molecular complexity index is 838. The van der Waals surface area contributed by atoms with Crippen molar-refractivity contribution in [1.29, 1.82) is 0 Å². The lowest BCUT2D eigenvalue weighted by Crippen LogP contribution is -2.00. The number of aromatic amines is 1. The molecule has 0 fully saturated rings. The highest BCUT2D eigenvalue weighted by molar-refractivity contribution is 6.01. The average molecular weight is 297 g/mol. The van der Waals surface area contributed by atoms with Crippen LogP contribution >= 0.6 is 0 Å². The minimum absolute atomic E-state index is 0.162. The molecule has 2 N–H and O–H groups in total. The lowest BCUT2D eigenvalue weighted by Gasteiger charge is -2.06. The highest BCUT2D eigenvalue weighted by atomic mass is 16.5. The molecule has 0 saturated heterocycles. The number of nitrogens with one attached hydrogen (secondary N) is 1. The molecule has 112 valence electrons. The highest BCUT2D eigenvalue weighted by Crippen LogP contribution is 2.25. The molecule has 0 saturated carbocycles. The fraction of sp³-hybridized carbons (Fsp3) is 0.188. The van der Waals surface area contributed by atoms with Crippen LogP contribution in [0.4, 0.5) is 0 Å². The third kappa shape index (κ3) is 2.50. The van der Waals surface area contributed by atoms with Crippen LogP contribution in [-0.2, 0) is 0 Å². The second kappa shape index (κ2) is 5.48. The predicted molar refractivity (Wildman–Crippen MR) is 82.2 cm³/mol. The second-order valence-electron chi connectivity index (χ2n) is 4.84. The van der Waals surface area contributed by atoms with Crippen molar-refractivity contribution in [3.63, 3.8) is 0 Å². The molecule has 0 aliphatic carbocycles. The zero-order valence-electron chi connectivity index (χ0n) is 12.3. The number of pyridine rings is 1. The quantitative estimate of drug-likeness (QED) is 0.772. The minimum atomic E-state index is -1.01. The summed E-state index contributed by atoms with van der Waals surface area (Å²) in [6.07, 6.45) is 0. The Balaban J connectivity index is 2.12. The number of carbonyl (C=O) groups is 1. The van der Waals surface area contributed by atoms with E-state index in [2.05, 4.69) is 15.0 Å². The molecule has 22 heavy (non-hydrogen) atoms. The van der Waals surface area contributed by atoms with E-state index in [-0.39, 0.29) is 5.56 Å². The van der Waals surface area contributed by atoms with Gasteiger partial charge in [0.25, 0.3) is 0 Å². The van der Waals surface area contributed by atoms with E-state index in [1.807, 2.05) is 31.2 Å². The van der Waals surface area contributed by atoms with Gasteiger partial charge >= 0.3 is 5.97 Å². The van der Waals surface area contributed by atoms with E-state index in [1.165, 1.54) is 0 Å². The molecule has 6 heteroatoms. The monoisotopic (exact) mass is 297 g/mol. The maximum absolute atomic E-state index is 11.5. The first kappa shape index (κ1) is 14.1. The summed E-state index contributed by atoms with van der Waals surface area (Å²) in [6, 6.07) is 8.93. The van der Waals surface area contributed by atoms with Gasteiger partial charge in [-0.15, -0.1) is 0 Å². The van der Waals surface area contributed by atoms with Crippen LogP contribution in [-0.4, -0.2) is 32.6 Å². The van der Waals surface area contributed by atoms with Crippen LogP contribution in [0.2, 0.25) is 0 Å². The molecular weight excluding hydrogens is 282 g/mol. The molecular formula is C16H15N3O3. The molecule has 0 spiro atoms. The molecule has 1 aromatic carbocycles. The molecule has 3 aromatic rings. The second-order valence-corrected chi connectivity index (χ2v) is 4.84. The number of hydrogen-bond donors (Lipinski definition) is 2. The van der Waals surface area contributed by atoms with Gasteiger partial charge in [-0.1, -0.05) is 0 Å². The van der Waals surface area contributed by atoms with E-state index in [0.29, 0.717) is 29.3 Å². The van der Waals surface area contributed by atoms with Gasteiger partial charge in [-0.3, -0.25) is 0 Å². The number of carboxylic acids is 1. The van der Waals surface area contributed by atoms with Crippen molar-refractivity contribution in [2.24, 2.45) is 0 Å². The molecule has 0 atom stereocenters. The van der Waals surface area contributed by atoms with Crippen LogP contribution in [0.1, 0.15) is 23.1 Å². The molecule has 0 radical (unpaired) electrons. The van der Waals surface area contributed by atoms with Crippen molar-refractivity contribution < 1.29 is 14.6 Å². The molecule has 0 aliphatic heterocycles. The van der Waals surface area contributed by atoms with E-state index in [4.69, 9.17) is 4.74 Å². The number of aromatic nitrogens is 3. The van der Waals surface area contributed by atoms with Gasteiger partial charge in [-0.25, -0.2) is 14.8 Å². The van der Waals surface area contributed by atoms with Crippen molar-refractivity contribution in [2.45, 2.75) is 13.8 Å². The van der Waals surface area contributed by atoms with E-state index in [0.717, 1.165) is 11.3 Å². The van der Waals surface area contributed by atoms with Gasteiger partial charge in [0.2, 0.25) is 0 Å². The van der Waals surface area contributed by atoms with Crippen LogP contribution in [0, 0.1) is 6.92 Å². The fourth-order valence-corrected chi connectivity index (χ4v) is 2.31. The molecule has 6 nitrogen and oxygen atoms in total. The molecule has 3 rings (SSSR count). The van der Waals surface area contributed by atoms with E-state index < -0.39 is 5.97 Å². The van der Waals surface area contributed by atoms with Gasteiger partial charge in [-0.2, -0.15) is 0 Å². The summed E-state index contributed by atoms with van der Waals surface area (Å²) < 4.78 is 5.40. The maximum atomic E-state index is 11.5. The molecule has 2 heterocycles. The number of carboxylic acid groups (broad SMARTS) is 1. The molecule has 2 aromatic heterocycles. The molecule has 0 unspecified atom stereocenters. The van der Waals surface area contributed by atoms with Gasteiger partial charge in [0, 0.05) is 5.56 Å². The van der Waals surface area contributed by atoms with Crippen molar-refractivity contribution in [3.05, 3.63) is 41.7 Å². The van der Waals surface area contributed by atoms with Crippen LogP contribution < -0.4 is 4.74 Å². The Hall–Kier alpha value is -2.89. The van der Waals surface area contributed by atoms with Crippen molar-refractivity contribution in [3.8, 4) is 17.0 Å². The van der Waals surface area contributed by atoms with Gasteiger partial charge < -0.3 is 14.8 Å². The lowest BCUT2D eigenvalue weighted by atomic mass is 10.1. The third-order valence-corrected chi connectivity index (χ3v) is 3.27. The first-order valence-corrected chi connectivity index (χ1v) is 6.92. The van der Waals surface area contributed by atoms with Crippen LogP contribution in [0.5, 0.6) is 5.75 Å². The highest BCUT2D eigenvalue weighted by Gasteiger charge is 2.15. The smallest absolute Gasteiger partial charge is 0.338 e. The first-order valence-electron chi connectivity index (χ1n) is 6.92. The van der Waals surface area contributed by atoms with Crippen molar-refractivity contribution in [1.82, 2.24) is 15.0 Å². The molecule has 0 amide bonds. The van der Waals surface area contributed by atoms with Crippen molar-refractivity contribution in [2.75, 3.05) is 6.61 Å². The SMILES string of the molecule is CCOc1ccc(-c2cc(C(=O)O)c3[nH]c(C)nc3n2)cc1. The topological polar surface area (TPSA) is 88.1 Å². The minimum Gasteiger partial charge on any atom is -0.494 e. The number of nitrogens with zero attached hydrogens (tertiary/aromatic N) is 2. The summed E-state index contributed by atoms with van der Waals surface area (Å²) >= 11 is 0.